The van der Waals surface area contributed by atoms with E-state index in [2.05, 4.69) is 5.32 Å². The minimum Gasteiger partial charge on any atom is -0.480 e. The van der Waals surface area contributed by atoms with Gasteiger partial charge in [-0.1, -0.05) is 6.07 Å². The first-order valence-corrected chi connectivity index (χ1v) is 6.05. The molecule has 1 fully saturated rings. The Morgan fingerprint density at radius 3 is 2.86 bits per heavy atom. The summed E-state index contributed by atoms with van der Waals surface area (Å²) < 4.78 is 13.5. The molecule has 0 aromatic heterocycles. The highest BCUT2D eigenvalue weighted by molar-refractivity contribution is 5.83. The highest BCUT2D eigenvalue weighted by atomic mass is 19.1. The van der Waals surface area contributed by atoms with E-state index < -0.39 is 28.4 Å². The van der Waals surface area contributed by atoms with Crippen LogP contribution in [0.5, 0.6) is 0 Å². The number of carbonyl (C=O) groups is 2. The number of nitrogens with one attached hydrogen (secondary N) is 1. The van der Waals surface area contributed by atoms with Crippen molar-refractivity contribution >= 4 is 17.6 Å². The molecule has 2 N–H and O–H groups in total. The number of amides is 1. The molecule has 1 aliphatic heterocycles. The van der Waals surface area contributed by atoms with E-state index in [9.17, 15) is 24.1 Å². The second-order valence-electron chi connectivity index (χ2n) is 4.61. The molecule has 21 heavy (non-hydrogen) atoms. The van der Waals surface area contributed by atoms with Crippen molar-refractivity contribution in [3.63, 3.8) is 0 Å². The fourth-order valence-electron chi connectivity index (χ4n) is 2.13. The van der Waals surface area contributed by atoms with E-state index in [1.165, 1.54) is 11.0 Å². The first-order chi connectivity index (χ1) is 9.88. The first kappa shape index (κ1) is 14.9. The van der Waals surface area contributed by atoms with E-state index in [-0.39, 0.29) is 25.5 Å². The maximum Gasteiger partial charge on any atom is 0.322 e. The summed E-state index contributed by atoms with van der Waals surface area (Å²) in [6.45, 7) is -0.154. The third-order valence-corrected chi connectivity index (χ3v) is 3.16. The number of carboxylic acids is 1. The number of carbonyl (C=O) groups excluding carboxylic acids is 1. The van der Waals surface area contributed by atoms with Crippen LogP contribution < -0.4 is 5.32 Å². The van der Waals surface area contributed by atoms with E-state index in [1.807, 2.05) is 0 Å². The zero-order valence-corrected chi connectivity index (χ0v) is 10.8. The smallest absolute Gasteiger partial charge is 0.322 e. The molecule has 112 valence electrons. The highest BCUT2D eigenvalue weighted by Crippen LogP contribution is 2.20. The SMILES string of the molecule is O=C1CN(Cc2ccc([N+](=O)[O-])c(F)c2)C(C(=O)O)CN1. The number of hydrogen-bond acceptors (Lipinski definition) is 5. The number of hydrogen-bond donors (Lipinski definition) is 2. The van der Waals surface area contributed by atoms with Crippen LogP contribution in [0.1, 0.15) is 5.56 Å². The lowest BCUT2D eigenvalue weighted by Gasteiger charge is -2.32. The lowest BCUT2D eigenvalue weighted by molar-refractivity contribution is -0.387. The molecule has 9 heteroatoms. The summed E-state index contributed by atoms with van der Waals surface area (Å²) in [4.78, 5) is 33.5. The summed E-state index contributed by atoms with van der Waals surface area (Å²) in [5.74, 6) is -2.42. The predicted octanol–water partition coefficient (Wildman–Crippen LogP) is 0.119. The number of nitro groups is 1. The Bertz CT molecular complexity index is 607. The molecule has 1 aromatic rings. The lowest BCUT2D eigenvalue weighted by Crippen LogP contribution is -2.56. The van der Waals surface area contributed by atoms with E-state index in [0.29, 0.717) is 5.56 Å². The average Bonchev–Trinajstić information content (AvgIpc) is 2.37. The second kappa shape index (κ2) is 5.83. The largest absolute Gasteiger partial charge is 0.480 e. The van der Waals surface area contributed by atoms with Crippen LogP contribution in [-0.4, -0.2) is 45.9 Å². The van der Waals surface area contributed by atoms with Crippen LogP contribution in [0.4, 0.5) is 10.1 Å². The minimum absolute atomic E-state index is 0.0132. The van der Waals surface area contributed by atoms with E-state index in [1.54, 1.807) is 0 Å². The zero-order chi connectivity index (χ0) is 15.6. The van der Waals surface area contributed by atoms with E-state index >= 15 is 0 Å². The first-order valence-electron chi connectivity index (χ1n) is 6.05. The maximum atomic E-state index is 13.5. The van der Waals surface area contributed by atoms with Gasteiger partial charge in [-0.2, -0.15) is 4.39 Å². The molecule has 0 radical (unpaired) electrons. The topological polar surface area (TPSA) is 113 Å². The Labute approximate surface area is 118 Å². The van der Waals surface area contributed by atoms with Gasteiger partial charge in [-0.3, -0.25) is 24.6 Å². The van der Waals surface area contributed by atoms with Crippen LogP contribution in [0.15, 0.2) is 18.2 Å². The molecule has 2 rings (SSSR count). The maximum absolute atomic E-state index is 13.5. The Hall–Kier alpha value is -2.55. The van der Waals surface area contributed by atoms with Crippen molar-refractivity contribution in [2.45, 2.75) is 12.6 Å². The molecule has 1 heterocycles. The number of benzene rings is 1. The summed E-state index contributed by atoms with van der Waals surface area (Å²) >= 11 is 0. The third kappa shape index (κ3) is 3.31. The van der Waals surface area contributed by atoms with Gasteiger partial charge < -0.3 is 10.4 Å². The van der Waals surface area contributed by atoms with E-state index in [0.717, 1.165) is 12.1 Å². The number of rotatable bonds is 4. The second-order valence-corrected chi connectivity index (χ2v) is 4.61. The van der Waals surface area contributed by atoms with Gasteiger partial charge >= 0.3 is 11.7 Å². The molecule has 1 saturated heterocycles. The number of carboxylic acid groups (broad SMARTS) is 1. The van der Waals surface area contributed by atoms with Gasteiger partial charge in [0.1, 0.15) is 6.04 Å². The van der Waals surface area contributed by atoms with Crippen LogP contribution in [0, 0.1) is 15.9 Å². The molecule has 0 spiro atoms. The molecule has 8 nitrogen and oxygen atoms in total. The summed E-state index contributed by atoms with van der Waals surface area (Å²) in [5, 5.41) is 22.1. The van der Waals surface area contributed by atoms with Gasteiger partial charge in [-0.05, 0) is 11.6 Å². The molecule has 1 unspecified atom stereocenters. The van der Waals surface area contributed by atoms with Gasteiger partial charge in [0, 0.05) is 19.2 Å². The van der Waals surface area contributed by atoms with Crippen molar-refractivity contribution in [1.82, 2.24) is 10.2 Å². The normalized spacial score (nSPS) is 19.1. The van der Waals surface area contributed by atoms with Crippen molar-refractivity contribution in [1.29, 1.82) is 0 Å². The van der Waals surface area contributed by atoms with Gasteiger partial charge in [0.05, 0.1) is 11.5 Å². The monoisotopic (exact) mass is 297 g/mol. The number of nitro benzene ring substituents is 1. The van der Waals surface area contributed by atoms with Crippen molar-refractivity contribution in [3.05, 3.63) is 39.7 Å². The number of aliphatic carboxylic acids is 1. The van der Waals surface area contributed by atoms with E-state index in [4.69, 9.17) is 5.11 Å². The number of halogens is 1. The Morgan fingerprint density at radius 2 is 2.29 bits per heavy atom. The Morgan fingerprint density at radius 1 is 1.57 bits per heavy atom. The summed E-state index contributed by atoms with van der Waals surface area (Å²) in [5.41, 5.74) is -0.288. The Kier molecular flexibility index (Phi) is 4.13. The van der Waals surface area contributed by atoms with Gasteiger partial charge in [0.15, 0.2) is 0 Å². The average molecular weight is 297 g/mol. The van der Waals surface area contributed by atoms with Crippen LogP contribution in [-0.2, 0) is 16.1 Å². The highest BCUT2D eigenvalue weighted by Gasteiger charge is 2.32. The molecule has 0 saturated carbocycles. The quantitative estimate of drug-likeness (QED) is 0.603. The third-order valence-electron chi connectivity index (χ3n) is 3.16. The summed E-state index contributed by atoms with van der Waals surface area (Å²) in [7, 11) is 0. The van der Waals surface area contributed by atoms with Gasteiger partial charge in [0.25, 0.3) is 0 Å². The molecule has 1 aromatic carbocycles. The van der Waals surface area contributed by atoms with Crippen molar-refractivity contribution in [2.24, 2.45) is 0 Å². The fraction of sp³-hybridized carbons (Fsp3) is 0.333. The molecule has 1 atom stereocenters. The van der Waals surface area contributed by atoms with Crippen molar-refractivity contribution < 1.29 is 24.0 Å². The lowest BCUT2D eigenvalue weighted by atomic mass is 10.1. The van der Waals surface area contributed by atoms with Crippen LogP contribution in [0.3, 0.4) is 0 Å². The standard InChI is InChI=1S/C12H12FN3O5/c13-8-3-7(1-2-9(8)16(20)21)5-15-6-11(17)14-4-10(15)12(18)19/h1-3,10H,4-6H2,(H,14,17)(H,18,19). The zero-order valence-electron chi connectivity index (χ0n) is 10.8. The summed E-state index contributed by atoms with van der Waals surface area (Å²) in [6, 6.07) is 2.42. The van der Waals surface area contributed by atoms with Gasteiger partial charge in [-0.25, -0.2) is 0 Å². The molecule has 0 aliphatic carbocycles. The fourth-order valence-corrected chi connectivity index (χ4v) is 2.13. The van der Waals surface area contributed by atoms with Gasteiger partial charge in [0.2, 0.25) is 11.7 Å². The van der Waals surface area contributed by atoms with Crippen LogP contribution in [0.25, 0.3) is 0 Å². The number of piperazine rings is 1. The molecule has 1 amide bonds. The molecular weight excluding hydrogens is 285 g/mol. The summed E-state index contributed by atoms with van der Waals surface area (Å²) in [6.07, 6.45) is 0. The van der Waals surface area contributed by atoms with Gasteiger partial charge in [-0.15, -0.1) is 0 Å². The van der Waals surface area contributed by atoms with Crippen LogP contribution in [0.2, 0.25) is 0 Å². The van der Waals surface area contributed by atoms with Crippen molar-refractivity contribution in [3.8, 4) is 0 Å². The number of nitrogens with zero attached hydrogens (tertiary/aromatic N) is 2. The predicted molar refractivity (Wildman–Crippen MR) is 67.9 cm³/mol. The minimum atomic E-state index is -1.10. The molecule has 1 aliphatic rings. The Balaban J connectivity index is 2.19. The van der Waals surface area contributed by atoms with Crippen molar-refractivity contribution in [2.75, 3.05) is 13.1 Å². The molecule has 0 bridgehead atoms. The molecular formula is C12H12FN3O5. The van der Waals surface area contributed by atoms with Crippen LogP contribution >= 0.6 is 0 Å².